The Morgan fingerprint density at radius 3 is 2.74 bits per heavy atom. The van der Waals surface area contributed by atoms with E-state index < -0.39 is 12.0 Å². The second-order valence-corrected chi connectivity index (χ2v) is 5.37. The van der Waals surface area contributed by atoms with Crippen molar-refractivity contribution < 1.29 is 14.7 Å². The van der Waals surface area contributed by atoms with Gasteiger partial charge in [-0.05, 0) is 26.2 Å². The van der Waals surface area contributed by atoms with Gasteiger partial charge in [0.2, 0.25) is 0 Å². The standard InChI is InChI=1S/C14H26N2O3/c1-3-4-9-12(13(17)18)15-14(19)16-10-7-5-6-8-11(16)2/h11-12H,3-10H2,1-2H3,(H,15,19)(H,17,18)/t11?,12-/m0/s1. The van der Waals surface area contributed by atoms with Crippen LogP contribution in [0.2, 0.25) is 0 Å². The van der Waals surface area contributed by atoms with Crippen molar-refractivity contribution in [2.24, 2.45) is 0 Å². The largest absolute Gasteiger partial charge is 0.480 e. The van der Waals surface area contributed by atoms with Crippen LogP contribution < -0.4 is 5.32 Å². The number of nitrogens with zero attached hydrogens (tertiary/aromatic N) is 1. The Morgan fingerprint density at radius 2 is 2.11 bits per heavy atom. The second-order valence-electron chi connectivity index (χ2n) is 5.37. The quantitative estimate of drug-likeness (QED) is 0.806. The number of carboxylic acids is 1. The molecule has 19 heavy (non-hydrogen) atoms. The number of carbonyl (C=O) groups is 2. The first-order valence-electron chi connectivity index (χ1n) is 7.36. The molecule has 0 bridgehead atoms. The minimum absolute atomic E-state index is 0.197. The maximum Gasteiger partial charge on any atom is 0.326 e. The molecular weight excluding hydrogens is 244 g/mol. The highest BCUT2D eigenvalue weighted by atomic mass is 16.4. The van der Waals surface area contributed by atoms with Crippen molar-refractivity contribution >= 4 is 12.0 Å². The highest BCUT2D eigenvalue weighted by Gasteiger charge is 2.26. The summed E-state index contributed by atoms with van der Waals surface area (Å²) in [4.78, 5) is 25.1. The van der Waals surface area contributed by atoms with Crippen LogP contribution in [0.15, 0.2) is 0 Å². The van der Waals surface area contributed by atoms with Crippen LogP contribution in [0.5, 0.6) is 0 Å². The van der Waals surface area contributed by atoms with Gasteiger partial charge in [0, 0.05) is 12.6 Å². The van der Waals surface area contributed by atoms with E-state index in [4.69, 9.17) is 5.11 Å². The smallest absolute Gasteiger partial charge is 0.326 e. The van der Waals surface area contributed by atoms with E-state index in [1.165, 1.54) is 0 Å². The molecule has 1 fully saturated rings. The number of amides is 2. The minimum atomic E-state index is -0.940. The summed E-state index contributed by atoms with van der Waals surface area (Å²) < 4.78 is 0. The third-order valence-corrected chi connectivity index (χ3v) is 3.76. The number of likely N-dealkylation sites (tertiary alicyclic amines) is 1. The van der Waals surface area contributed by atoms with Crippen LogP contribution in [-0.4, -0.2) is 40.6 Å². The first kappa shape index (κ1) is 15.8. The van der Waals surface area contributed by atoms with E-state index in [0.29, 0.717) is 6.42 Å². The Bertz CT molecular complexity index is 307. The molecule has 1 rings (SSSR count). The Kier molecular flexibility index (Phi) is 6.67. The molecule has 1 aliphatic heterocycles. The summed E-state index contributed by atoms with van der Waals surface area (Å²) in [5.74, 6) is -0.940. The van der Waals surface area contributed by atoms with E-state index in [2.05, 4.69) is 5.32 Å². The van der Waals surface area contributed by atoms with Crippen molar-refractivity contribution in [3.8, 4) is 0 Å². The summed E-state index contributed by atoms with van der Waals surface area (Å²) in [6, 6.07) is -0.788. The molecule has 0 spiro atoms. The van der Waals surface area contributed by atoms with Crippen molar-refractivity contribution in [2.75, 3.05) is 6.54 Å². The average molecular weight is 270 g/mol. The first-order chi connectivity index (χ1) is 9.06. The van der Waals surface area contributed by atoms with Gasteiger partial charge >= 0.3 is 12.0 Å². The Hall–Kier alpha value is -1.26. The Balaban J connectivity index is 2.56. The molecule has 1 heterocycles. The lowest BCUT2D eigenvalue weighted by molar-refractivity contribution is -0.139. The van der Waals surface area contributed by atoms with Gasteiger partial charge in [-0.1, -0.05) is 32.6 Å². The van der Waals surface area contributed by atoms with Crippen LogP contribution in [0, 0.1) is 0 Å². The van der Waals surface area contributed by atoms with Gasteiger partial charge < -0.3 is 15.3 Å². The molecule has 2 amide bonds. The normalized spacial score (nSPS) is 21.6. The molecule has 110 valence electrons. The van der Waals surface area contributed by atoms with Crippen LogP contribution in [0.3, 0.4) is 0 Å². The van der Waals surface area contributed by atoms with Gasteiger partial charge in [0.25, 0.3) is 0 Å². The SMILES string of the molecule is CCCC[C@H](NC(=O)N1CCCCCC1C)C(=O)O. The Morgan fingerprint density at radius 1 is 1.37 bits per heavy atom. The predicted octanol–water partition coefficient (Wildman–Crippen LogP) is 2.60. The first-order valence-corrected chi connectivity index (χ1v) is 7.36. The van der Waals surface area contributed by atoms with E-state index in [1.54, 1.807) is 4.90 Å². The fraction of sp³-hybridized carbons (Fsp3) is 0.857. The van der Waals surface area contributed by atoms with Crippen molar-refractivity contribution in [3.05, 3.63) is 0 Å². The molecule has 0 saturated carbocycles. The summed E-state index contributed by atoms with van der Waals surface area (Å²) >= 11 is 0. The number of carbonyl (C=O) groups excluding carboxylic acids is 1. The zero-order chi connectivity index (χ0) is 14.3. The Labute approximate surface area is 115 Å². The van der Waals surface area contributed by atoms with Crippen molar-refractivity contribution in [3.63, 3.8) is 0 Å². The van der Waals surface area contributed by atoms with Gasteiger partial charge in [-0.2, -0.15) is 0 Å². The van der Waals surface area contributed by atoms with Crippen molar-refractivity contribution in [1.82, 2.24) is 10.2 Å². The molecule has 5 heteroatoms. The second kappa shape index (κ2) is 8.02. The average Bonchev–Trinajstić information content (AvgIpc) is 2.58. The molecule has 1 unspecified atom stereocenters. The summed E-state index contributed by atoms with van der Waals surface area (Å²) in [6.07, 6.45) is 6.53. The molecule has 0 aromatic rings. The summed E-state index contributed by atoms with van der Waals surface area (Å²) in [6.45, 7) is 4.78. The van der Waals surface area contributed by atoms with E-state index in [0.717, 1.165) is 45.1 Å². The maximum absolute atomic E-state index is 12.2. The van der Waals surface area contributed by atoms with Crippen LogP contribution in [0.25, 0.3) is 0 Å². The molecule has 0 radical (unpaired) electrons. The number of hydrogen-bond acceptors (Lipinski definition) is 2. The highest BCUT2D eigenvalue weighted by Crippen LogP contribution is 2.16. The number of carboxylic acid groups (broad SMARTS) is 1. The van der Waals surface area contributed by atoms with E-state index in [9.17, 15) is 9.59 Å². The maximum atomic E-state index is 12.2. The fourth-order valence-corrected chi connectivity index (χ4v) is 2.47. The van der Waals surface area contributed by atoms with E-state index >= 15 is 0 Å². The van der Waals surface area contributed by atoms with Crippen molar-refractivity contribution in [2.45, 2.75) is 70.9 Å². The third-order valence-electron chi connectivity index (χ3n) is 3.76. The highest BCUT2D eigenvalue weighted by molar-refractivity contribution is 5.82. The van der Waals surface area contributed by atoms with Gasteiger partial charge in [-0.25, -0.2) is 9.59 Å². The number of hydrogen-bond donors (Lipinski definition) is 2. The summed E-state index contributed by atoms with van der Waals surface area (Å²) in [5.41, 5.74) is 0. The van der Waals surface area contributed by atoms with Gasteiger partial charge in [0.1, 0.15) is 6.04 Å². The molecular formula is C14H26N2O3. The number of aliphatic carboxylic acids is 1. The van der Waals surface area contributed by atoms with Crippen LogP contribution in [0.4, 0.5) is 4.79 Å². The van der Waals surface area contributed by atoms with E-state index in [1.807, 2.05) is 13.8 Å². The molecule has 2 N–H and O–H groups in total. The van der Waals surface area contributed by atoms with Gasteiger partial charge in [0.15, 0.2) is 0 Å². The summed E-state index contributed by atoms with van der Waals surface area (Å²) in [5, 5.41) is 11.8. The summed E-state index contributed by atoms with van der Waals surface area (Å²) in [7, 11) is 0. The van der Waals surface area contributed by atoms with Gasteiger partial charge in [0.05, 0.1) is 0 Å². The molecule has 2 atom stereocenters. The monoisotopic (exact) mass is 270 g/mol. The van der Waals surface area contributed by atoms with Crippen LogP contribution in [-0.2, 0) is 4.79 Å². The van der Waals surface area contributed by atoms with Gasteiger partial charge in [-0.3, -0.25) is 0 Å². The number of urea groups is 1. The third kappa shape index (κ3) is 5.09. The molecule has 1 aliphatic rings. The molecule has 0 aromatic heterocycles. The lowest BCUT2D eigenvalue weighted by atomic mass is 10.1. The van der Waals surface area contributed by atoms with Crippen molar-refractivity contribution in [1.29, 1.82) is 0 Å². The lowest BCUT2D eigenvalue weighted by Gasteiger charge is -2.28. The van der Waals surface area contributed by atoms with E-state index in [-0.39, 0.29) is 12.1 Å². The predicted molar refractivity (Wildman–Crippen MR) is 74.1 cm³/mol. The zero-order valence-corrected chi connectivity index (χ0v) is 12.0. The molecule has 0 aromatic carbocycles. The topological polar surface area (TPSA) is 69.6 Å². The molecule has 5 nitrogen and oxygen atoms in total. The number of unbranched alkanes of at least 4 members (excludes halogenated alkanes) is 1. The number of nitrogens with one attached hydrogen (secondary N) is 1. The molecule has 0 aliphatic carbocycles. The van der Waals surface area contributed by atoms with Gasteiger partial charge in [-0.15, -0.1) is 0 Å². The molecule has 1 saturated heterocycles. The minimum Gasteiger partial charge on any atom is -0.480 e. The lowest BCUT2D eigenvalue weighted by Crippen LogP contribution is -2.50. The van der Waals surface area contributed by atoms with Crippen LogP contribution in [0.1, 0.15) is 58.8 Å². The fourth-order valence-electron chi connectivity index (χ4n) is 2.47. The van der Waals surface area contributed by atoms with Crippen LogP contribution >= 0.6 is 0 Å². The zero-order valence-electron chi connectivity index (χ0n) is 12.0. The number of rotatable bonds is 5.